The van der Waals surface area contributed by atoms with Gasteiger partial charge in [-0.25, -0.2) is 0 Å². The van der Waals surface area contributed by atoms with E-state index in [9.17, 15) is 4.79 Å². The van der Waals surface area contributed by atoms with Gasteiger partial charge < -0.3 is 9.80 Å². The van der Waals surface area contributed by atoms with E-state index in [1.165, 1.54) is 37.9 Å². The molecule has 116 valence electrons. The van der Waals surface area contributed by atoms with Crippen LogP contribution in [-0.2, 0) is 4.79 Å². The Morgan fingerprint density at radius 1 is 1.29 bits per heavy atom. The number of carbonyl (C=O) groups is 1. The molecule has 5 heteroatoms. The second-order valence-electron chi connectivity index (χ2n) is 6.02. The Kier molecular flexibility index (Phi) is 4.93. The number of nitrogens with zero attached hydrogens (tertiary/aromatic N) is 2. The minimum absolute atomic E-state index is 0.0174. The molecule has 4 nitrogen and oxygen atoms in total. The zero-order chi connectivity index (χ0) is 14.7. The average molecular weight is 307 g/mol. The minimum atomic E-state index is -0.0174. The van der Waals surface area contributed by atoms with Crippen LogP contribution in [-0.4, -0.2) is 47.9 Å². The maximum absolute atomic E-state index is 12.6. The van der Waals surface area contributed by atoms with Gasteiger partial charge >= 0.3 is 0 Å². The van der Waals surface area contributed by atoms with E-state index in [2.05, 4.69) is 34.0 Å². The van der Waals surface area contributed by atoms with Gasteiger partial charge in [0.1, 0.15) is 6.17 Å². The molecule has 1 N–H and O–H groups in total. The van der Waals surface area contributed by atoms with E-state index in [1.54, 1.807) is 11.3 Å². The highest BCUT2D eigenvalue weighted by atomic mass is 32.1. The quantitative estimate of drug-likeness (QED) is 0.907. The number of piperidine rings is 1. The maximum Gasteiger partial charge on any atom is 0.241 e. The molecule has 2 saturated heterocycles. The van der Waals surface area contributed by atoms with Crippen molar-refractivity contribution in [3.8, 4) is 0 Å². The van der Waals surface area contributed by atoms with Crippen LogP contribution in [0.5, 0.6) is 0 Å². The zero-order valence-corrected chi connectivity index (χ0v) is 13.6. The molecule has 2 fully saturated rings. The topological polar surface area (TPSA) is 35.6 Å². The van der Waals surface area contributed by atoms with E-state index >= 15 is 0 Å². The van der Waals surface area contributed by atoms with Crippen molar-refractivity contribution in [1.29, 1.82) is 0 Å². The molecule has 2 aliphatic heterocycles. The van der Waals surface area contributed by atoms with Gasteiger partial charge in [0.15, 0.2) is 0 Å². The summed E-state index contributed by atoms with van der Waals surface area (Å²) in [6, 6.07) is 2.11. The molecule has 0 radical (unpaired) electrons. The smallest absolute Gasteiger partial charge is 0.241 e. The molecule has 3 heterocycles. The Morgan fingerprint density at radius 2 is 2.10 bits per heavy atom. The summed E-state index contributed by atoms with van der Waals surface area (Å²) < 4.78 is 0. The molecule has 0 aromatic carbocycles. The van der Waals surface area contributed by atoms with Crippen molar-refractivity contribution in [2.75, 3.05) is 26.2 Å². The Morgan fingerprint density at radius 3 is 2.76 bits per heavy atom. The van der Waals surface area contributed by atoms with Crippen LogP contribution in [0.15, 0.2) is 16.8 Å². The molecule has 0 aliphatic carbocycles. The summed E-state index contributed by atoms with van der Waals surface area (Å²) in [4.78, 5) is 17.1. The van der Waals surface area contributed by atoms with Crippen LogP contribution in [0.2, 0.25) is 0 Å². The van der Waals surface area contributed by atoms with Crippen molar-refractivity contribution in [1.82, 2.24) is 15.1 Å². The Labute approximate surface area is 131 Å². The van der Waals surface area contributed by atoms with Crippen molar-refractivity contribution in [2.24, 2.45) is 0 Å². The number of rotatable bonds is 5. The maximum atomic E-state index is 12.6. The number of carbonyl (C=O) groups excluding carboxylic acids is 1. The molecule has 1 aromatic heterocycles. The number of nitrogens with one attached hydrogen (secondary N) is 1. The third kappa shape index (κ3) is 3.30. The van der Waals surface area contributed by atoms with Crippen LogP contribution in [0.3, 0.4) is 0 Å². The number of thiophene rings is 1. The second kappa shape index (κ2) is 6.90. The minimum Gasteiger partial charge on any atom is -0.320 e. The third-order valence-corrected chi connectivity index (χ3v) is 5.33. The van der Waals surface area contributed by atoms with Crippen LogP contribution in [0.1, 0.15) is 44.3 Å². The molecule has 2 atom stereocenters. The first-order valence-corrected chi connectivity index (χ1v) is 9.05. The summed E-state index contributed by atoms with van der Waals surface area (Å²) in [5.74, 6) is 0.269. The van der Waals surface area contributed by atoms with Crippen LogP contribution in [0, 0.1) is 0 Å². The Bertz CT molecular complexity index is 456. The van der Waals surface area contributed by atoms with Crippen molar-refractivity contribution < 1.29 is 4.79 Å². The van der Waals surface area contributed by atoms with Crippen molar-refractivity contribution in [3.63, 3.8) is 0 Å². The molecular weight excluding hydrogens is 282 g/mol. The first-order chi connectivity index (χ1) is 10.3. The van der Waals surface area contributed by atoms with Gasteiger partial charge in [-0.15, -0.1) is 0 Å². The Hall–Kier alpha value is -0.910. The van der Waals surface area contributed by atoms with Crippen LogP contribution in [0.4, 0.5) is 0 Å². The van der Waals surface area contributed by atoms with E-state index in [0.29, 0.717) is 0 Å². The monoisotopic (exact) mass is 307 g/mol. The van der Waals surface area contributed by atoms with Crippen LogP contribution < -0.4 is 5.32 Å². The fourth-order valence-corrected chi connectivity index (χ4v) is 4.03. The van der Waals surface area contributed by atoms with Gasteiger partial charge in [-0.1, -0.05) is 13.3 Å². The van der Waals surface area contributed by atoms with E-state index < -0.39 is 0 Å². The lowest BCUT2D eigenvalue weighted by Crippen LogP contribution is -2.40. The van der Waals surface area contributed by atoms with Gasteiger partial charge in [0.2, 0.25) is 5.91 Å². The Balaban J connectivity index is 1.65. The highest BCUT2D eigenvalue weighted by molar-refractivity contribution is 7.07. The lowest BCUT2D eigenvalue weighted by Gasteiger charge is -2.30. The van der Waals surface area contributed by atoms with Gasteiger partial charge in [0.25, 0.3) is 0 Å². The molecule has 0 saturated carbocycles. The van der Waals surface area contributed by atoms with Gasteiger partial charge in [0, 0.05) is 13.1 Å². The van der Waals surface area contributed by atoms with E-state index in [1.807, 2.05) is 4.90 Å². The van der Waals surface area contributed by atoms with Crippen molar-refractivity contribution in [3.05, 3.63) is 22.4 Å². The number of likely N-dealkylation sites (tertiary alicyclic amines) is 1. The second-order valence-corrected chi connectivity index (χ2v) is 6.80. The summed E-state index contributed by atoms with van der Waals surface area (Å²) in [5.41, 5.74) is 1.22. The summed E-state index contributed by atoms with van der Waals surface area (Å²) >= 11 is 1.70. The molecule has 0 bridgehead atoms. The van der Waals surface area contributed by atoms with Gasteiger partial charge in [-0.2, -0.15) is 11.3 Å². The normalized spacial score (nSPS) is 27.5. The SMILES string of the molecule is CCC1NC(c2ccsc2)N(CCN2CCCCC2)C1=O. The predicted molar refractivity (Wildman–Crippen MR) is 86.3 cm³/mol. The standard InChI is InChI=1S/C16H25N3OS/c1-2-14-16(20)19(10-9-18-7-4-3-5-8-18)15(17-14)13-6-11-21-12-13/h6,11-12,14-15,17H,2-5,7-10H2,1H3. The zero-order valence-electron chi connectivity index (χ0n) is 12.8. The summed E-state index contributed by atoms with van der Waals surface area (Å²) in [6.45, 7) is 6.30. The first kappa shape index (κ1) is 15.0. The van der Waals surface area contributed by atoms with Crippen LogP contribution >= 0.6 is 11.3 Å². The molecule has 1 amide bonds. The number of amides is 1. The largest absolute Gasteiger partial charge is 0.320 e. The molecular formula is C16H25N3OS. The molecule has 1 aromatic rings. The van der Waals surface area contributed by atoms with E-state index in [4.69, 9.17) is 0 Å². The van der Waals surface area contributed by atoms with Gasteiger partial charge in [-0.05, 0) is 54.7 Å². The average Bonchev–Trinajstić information content (AvgIpc) is 3.14. The summed E-state index contributed by atoms with van der Waals surface area (Å²) in [7, 11) is 0. The molecule has 0 spiro atoms. The highest BCUT2D eigenvalue weighted by Gasteiger charge is 2.38. The fourth-order valence-electron chi connectivity index (χ4n) is 3.35. The lowest BCUT2D eigenvalue weighted by molar-refractivity contribution is -0.130. The van der Waals surface area contributed by atoms with Crippen molar-refractivity contribution >= 4 is 17.2 Å². The highest BCUT2D eigenvalue weighted by Crippen LogP contribution is 2.27. The third-order valence-electron chi connectivity index (χ3n) is 4.62. The number of hydrogen-bond donors (Lipinski definition) is 1. The molecule has 21 heavy (non-hydrogen) atoms. The van der Waals surface area contributed by atoms with E-state index in [0.717, 1.165) is 19.5 Å². The first-order valence-electron chi connectivity index (χ1n) is 8.10. The lowest BCUT2D eigenvalue weighted by atomic mass is 10.1. The number of hydrogen-bond acceptors (Lipinski definition) is 4. The predicted octanol–water partition coefficient (Wildman–Crippen LogP) is 2.44. The molecule has 3 rings (SSSR count). The fraction of sp³-hybridized carbons (Fsp3) is 0.688. The van der Waals surface area contributed by atoms with Crippen molar-refractivity contribution in [2.45, 2.75) is 44.8 Å². The molecule has 2 aliphatic rings. The van der Waals surface area contributed by atoms with Gasteiger partial charge in [-0.3, -0.25) is 10.1 Å². The van der Waals surface area contributed by atoms with Crippen LogP contribution in [0.25, 0.3) is 0 Å². The van der Waals surface area contributed by atoms with Gasteiger partial charge in [0.05, 0.1) is 6.04 Å². The summed E-state index contributed by atoms with van der Waals surface area (Å²) in [6.07, 6.45) is 4.89. The summed E-state index contributed by atoms with van der Waals surface area (Å²) in [5, 5.41) is 7.73. The van der Waals surface area contributed by atoms with E-state index in [-0.39, 0.29) is 18.1 Å². The molecule has 2 unspecified atom stereocenters.